The first-order valence-corrected chi connectivity index (χ1v) is 6.86. The molecule has 1 aromatic rings. The standard InChI is InChI=1S/C18H27N/c1-13-11-15(18(6,7)8)9-10-16(13)19-12-14(2)17(3,4)5/h9-12H,2H2,1,3-8H3/b19-12-. The van der Waals surface area contributed by atoms with Crippen LogP contribution in [-0.4, -0.2) is 6.21 Å². The summed E-state index contributed by atoms with van der Waals surface area (Å²) in [5, 5.41) is 0. The molecule has 1 heteroatoms. The Morgan fingerprint density at radius 3 is 2.11 bits per heavy atom. The predicted octanol–water partition coefficient (Wildman–Crippen LogP) is 5.60. The molecule has 0 aromatic heterocycles. The van der Waals surface area contributed by atoms with Gasteiger partial charge >= 0.3 is 0 Å². The first-order valence-electron chi connectivity index (χ1n) is 6.86. The van der Waals surface area contributed by atoms with Gasteiger partial charge in [0, 0.05) is 6.21 Å². The van der Waals surface area contributed by atoms with E-state index in [2.05, 4.69) is 78.2 Å². The molecular formula is C18H27N. The van der Waals surface area contributed by atoms with E-state index >= 15 is 0 Å². The fourth-order valence-electron chi connectivity index (χ4n) is 1.61. The maximum Gasteiger partial charge on any atom is 0.0659 e. The Balaban J connectivity index is 2.99. The Kier molecular flexibility index (Phi) is 4.39. The van der Waals surface area contributed by atoms with E-state index in [1.165, 1.54) is 11.1 Å². The van der Waals surface area contributed by atoms with Crippen molar-refractivity contribution in [3.05, 3.63) is 41.5 Å². The lowest BCUT2D eigenvalue weighted by molar-refractivity contribution is 0.528. The van der Waals surface area contributed by atoms with Crippen LogP contribution in [0.15, 0.2) is 35.3 Å². The van der Waals surface area contributed by atoms with Crippen molar-refractivity contribution in [1.82, 2.24) is 0 Å². The summed E-state index contributed by atoms with van der Waals surface area (Å²) >= 11 is 0. The summed E-state index contributed by atoms with van der Waals surface area (Å²) < 4.78 is 0. The minimum absolute atomic E-state index is 0.0722. The Bertz CT molecular complexity index is 493. The monoisotopic (exact) mass is 257 g/mol. The number of hydrogen-bond acceptors (Lipinski definition) is 1. The normalized spacial score (nSPS) is 13.0. The predicted molar refractivity (Wildman–Crippen MR) is 86.6 cm³/mol. The third kappa shape index (κ3) is 4.34. The number of nitrogens with zero attached hydrogens (tertiary/aromatic N) is 1. The molecule has 19 heavy (non-hydrogen) atoms. The molecule has 1 nitrogen and oxygen atoms in total. The highest BCUT2D eigenvalue weighted by molar-refractivity contribution is 5.82. The van der Waals surface area contributed by atoms with E-state index in [0.29, 0.717) is 0 Å². The highest BCUT2D eigenvalue weighted by Crippen LogP contribution is 2.28. The minimum atomic E-state index is 0.0722. The molecule has 0 heterocycles. The van der Waals surface area contributed by atoms with E-state index in [-0.39, 0.29) is 10.8 Å². The summed E-state index contributed by atoms with van der Waals surface area (Å²) in [5.41, 5.74) is 4.89. The number of rotatable bonds is 2. The van der Waals surface area contributed by atoms with Crippen molar-refractivity contribution in [2.45, 2.75) is 53.9 Å². The lowest BCUT2D eigenvalue weighted by Gasteiger charge is -2.20. The van der Waals surface area contributed by atoms with E-state index in [9.17, 15) is 0 Å². The number of hydrogen-bond donors (Lipinski definition) is 0. The lowest BCUT2D eigenvalue weighted by Crippen LogP contribution is -2.11. The van der Waals surface area contributed by atoms with Gasteiger partial charge in [0.15, 0.2) is 0 Å². The van der Waals surface area contributed by atoms with Gasteiger partial charge in [0.05, 0.1) is 5.69 Å². The molecule has 0 atom stereocenters. The van der Waals surface area contributed by atoms with Crippen LogP contribution >= 0.6 is 0 Å². The molecule has 104 valence electrons. The zero-order valence-corrected chi connectivity index (χ0v) is 13.5. The average molecular weight is 257 g/mol. The first-order chi connectivity index (χ1) is 8.51. The Morgan fingerprint density at radius 2 is 1.68 bits per heavy atom. The van der Waals surface area contributed by atoms with Crippen molar-refractivity contribution in [3.8, 4) is 0 Å². The third-order valence-electron chi connectivity index (χ3n) is 3.39. The van der Waals surface area contributed by atoms with Crippen LogP contribution in [0.5, 0.6) is 0 Å². The van der Waals surface area contributed by atoms with Gasteiger partial charge in [-0.1, -0.05) is 60.3 Å². The van der Waals surface area contributed by atoms with Crippen molar-refractivity contribution >= 4 is 11.9 Å². The van der Waals surface area contributed by atoms with Crippen LogP contribution in [-0.2, 0) is 5.41 Å². The van der Waals surface area contributed by atoms with E-state index in [1.807, 2.05) is 6.21 Å². The van der Waals surface area contributed by atoms with Gasteiger partial charge in [-0.3, -0.25) is 4.99 Å². The van der Waals surface area contributed by atoms with Gasteiger partial charge in [-0.05, 0) is 40.5 Å². The largest absolute Gasteiger partial charge is 0.256 e. The molecule has 0 spiro atoms. The van der Waals surface area contributed by atoms with Crippen LogP contribution in [0, 0.1) is 12.3 Å². The molecule has 0 bridgehead atoms. The summed E-state index contributed by atoms with van der Waals surface area (Å²) in [6, 6.07) is 6.49. The maximum absolute atomic E-state index is 4.57. The Morgan fingerprint density at radius 1 is 1.11 bits per heavy atom. The van der Waals surface area contributed by atoms with Gasteiger partial charge in [-0.2, -0.15) is 0 Å². The molecule has 0 radical (unpaired) electrons. The smallest absolute Gasteiger partial charge is 0.0659 e. The van der Waals surface area contributed by atoms with Crippen LogP contribution in [0.4, 0.5) is 5.69 Å². The van der Waals surface area contributed by atoms with Crippen molar-refractivity contribution in [3.63, 3.8) is 0 Å². The molecule has 0 unspecified atom stereocenters. The summed E-state index contributed by atoms with van der Waals surface area (Å²) in [6.07, 6.45) is 1.89. The number of aryl methyl sites for hydroxylation is 1. The van der Waals surface area contributed by atoms with Gasteiger partial charge in [0.25, 0.3) is 0 Å². The van der Waals surface area contributed by atoms with E-state index in [0.717, 1.165) is 11.3 Å². The van der Waals surface area contributed by atoms with Crippen LogP contribution < -0.4 is 0 Å². The van der Waals surface area contributed by atoms with Gasteiger partial charge in [-0.15, -0.1) is 0 Å². The van der Waals surface area contributed by atoms with Crippen molar-refractivity contribution in [2.24, 2.45) is 10.4 Å². The Hall–Kier alpha value is -1.37. The highest BCUT2D eigenvalue weighted by atomic mass is 14.7. The quantitative estimate of drug-likeness (QED) is 0.612. The van der Waals surface area contributed by atoms with Gasteiger partial charge in [0.1, 0.15) is 0 Å². The first kappa shape index (κ1) is 15.7. The van der Waals surface area contributed by atoms with Gasteiger partial charge in [0.2, 0.25) is 0 Å². The number of benzene rings is 1. The molecule has 0 saturated heterocycles. The fraction of sp³-hybridized carbons (Fsp3) is 0.500. The maximum atomic E-state index is 4.57. The van der Waals surface area contributed by atoms with Crippen LogP contribution in [0.2, 0.25) is 0 Å². The second kappa shape index (κ2) is 5.32. The second-order valence-electron chi connectivity index (χ2n) is 7.28. The van der Waals surface area contributed by atoms with E-state index in [4.69, 9.17) is 0 Å². The minimum Gasteiger partial charge on any atom is -0.256 e. The molecule has 1 rings (SSSR count). The summed E-state index contributed by atoms with van der Waals surface area (Å²) in [5.74, 6) is 0. The average Bonchev–Trinajstić information content (AvgIpc) is 2.24. The fourth-order valence-corrected chi connectivity index (χ4v) is 1.61. The zero-order chi connectivity index (χ0) is 14.8. The van der Waals surface area contributed by atoms with E-state index < -0.39 is 0 Å². The molecule has 0 aliphatic carbocycles. The van der Waals surface area contributed by atoms with Crippen molar-refractivity contribution in [1.29, 1.82) is 0 Å². The SMILES string of the molecule is C=C(/C=N\c1ccc(C(C)(C)C)cc1C)C(C)(C)C. The second-order valence-corrected chi connectivity index (χ2v) is 7.28. The molecule has 0 fully saturated rings. The zero-order valence-electron chi connectivity index (χ0n) is 13.5. The lowest BCUT2D eigenvalue weighted by atomic mass is 9.86. The van der Waals surface area contributed by atoms with Crippen LogP contribution in [0.3, 0.4) is 0 Å². The molecule has 0 amide bonds. The summed E-state index contributed by atoms with van der Waals surface area (Å²) in [6.45, 7) is 19.3. The third-order valence-corrected chi connectivity index (χ3v) is 3.39. The summed E-state index contributed by atoms with van der Waals surface area (Å²) in [7, 11) is 0. The highest BCUT2D eigenvalue weighted by Gasteiger charge is 2.15. The Labute approximate surface area is 118 Å². The van der Waals surface area contributed by atoms with Crippen molar-refractivity contribution in [2.75, 3.05) is 0 Å². The van der Waals surface area contributed by atoms with Gasteiger partial charge < -0.3 is 0 Å². The molecule has 0 N–H and O–H groups in total. The topological polar surface area (TPSA) is 12.4 Å². The van der Waals surface area contributed by atoms with Crippen LogP contribution in [0.1, 0.15) is 52.7 Å². The van der Waals surface area contributed by atoms with Gasteiger partial charge in [-0.25, -0.2) is 0 Å². The summed E-state index contributed by atoms with van der Waals surface area (Å²) in [4.78, 5) is 4.57. The molecule has 0 saturated carbocycles. The molecule has 0 aliphatic rings. The number of allylic oxidation sites excluding steroid dienone is 1. The molecular weight excluding hydrogens is 230 g/mol. The van der Waals surface area contributed by atoms with Crippen molar-refractivity contribution < 1.29 is 0 Å². The van der Waals surface area contributed by atoms with Crippen LogP contribution in [0.25, 0.3) is 0 Å². The van der Waals surface area contributed by atoms with E-state index in [1.54, 1.807) is 0 Å². The molecule has 1 aromatic carbocycles. The molecule has 0 aliphatic heterocycles. The number of aliphatic imine (C=N–C) groups is 1.